The van der Waals surface area contributed by atoms with E-state index in [0.29, 0.717) is 23.6 Å². The van der Waals surface area contributed by atoms with Crippen LogP contribution >= 0.6 is 11.8 Å². The number of carbonyl (C=O) groups is 1. The van der Waals surface area contributed by atoms with Crippen molar-refractivity contribution in [1.82, 2.24) is 5.32 Å². The summed E-state index contributed by atoms with van der Waals surface area (Å²) in [6.07, 6.45) is 0. The average Bonchev–Trinajstić information content (AvgIpc) is 2.62. The summed E-state index contributed by atoms with van der Waals surface area (Å²) in [6, 6.07) is 13.8. The molecule has 0 atom stereocenters. The van der Waals surface area contributed by atoms with Crippen LogP contribution in [0.25, 0.3) is 0 Å². The number of benzene rings is 2. The van der Waals surface area contributed by atoms with Gasteiger partial charge in [0.2, 0.25) is 0 Å². The molecule has 1 N–H and O–H groups in total. The Morgan fingerprint density at radius 3 is 2.29 bits per heavy atom. The molecule has 0 aliphatic rings. The molecule has 5 heteroatoms. The summed E-state index contributed by atoms with van der Waals surface area (Å²) in [5.74, 6) is 2.99. The minimum absolute atomic E-state index is 0.119. The second-order valence-electron chi connectivity index (χ2n) is 5.30. The highest BCUT2D eigenvalue weighted by Gasteiger charge is 2.13. The van der Waals surface area contributed by atoms with Gasteiger partial charge >= 0.3 is 0 Å². The molecule has 4 nitrogen and oxygen atoms in total. The zero-order chi connectivity index (χ0) is 17.4. The lowest BCUT2D eigenvalue weighted by Crippen LogP contribution is -2.25. The minimum atomic E-state index is -0.119. The van der Waals surface area contributed by atoms with E-state index >= 15 is 0 Å². The van der Waals surface area contributed by atoms with Gasteiger partial charge in [-0.15, -0.1) is 0 Å². The van der Waals surface area contributed by atoms with Crippen LogP contribution in [0.4, 0.5) is 0 Å². The maximum atomic E-state index is 12.3. The van der Waals surface area contributed by atoms with Gasteiger partial charge in [-0.2, -0.15) is 11.8 Å². The van der Waals surface area contributed by atoms with Crippen LogP contribution in [0.1, 0.15) is 21.5 Å². The molecule has 128 valence electrons. The Morgan fingerprint density at radius 2 is 1.71 bits per heavy atom. The fraction of sp³-hybridized carbons (Fsp3) is 0.316. The lowest BCUT2D eigenvalue weighted by atomic mass is 10.1. The second-order valence-corrected chi connectivity index (χ2v) is 6.41. The molecule has 24 heavy (non-hydrogen) atoms. The van der Waals surface area contributed by atoms with Crippen LogP contribution in [0, 0.1) is 6.92 Å². The largest absolute Gasteiger partial charge is 0.496 e. The number of ether oxygens (including phenoxy) is 2. The van der Waals surface area contributed by atoms with E-state index in [0.717, 1.165) is 17.1 Å². The third kappa shape index (κ3) is 4.93. The summed E-state index contributed by atoms with van der Waals surface area (Å²) in [5.41, 5.74) is 2.72. The van der Waals surface area contributed by atoms with Crippen LogP contribution in [0.3, 0.4) is 0 Å². The highest BCUT2D eigenvalue weighted by molar-refractivity contribution is 7.98. The van der Waals surface area contributed by atoms with Crippen molar-refractivity contribution in [2.45, 2.75) is 12.7 Å². The minimum Gasteiger partial charge on any atom is -0.496 e. The Kier molecular flexibility index (Phi) is 7.00. The van der Waals surface area contributed by atoms with E-state index in [2.05, 4.69) is 17.4 Å². The van der Waals surface area contributed by atoms with Gasteiger partial charge in [-0.1, -0.05) is 30.3 Å². The van der Waals surface area contributed by atoms with Gasteiger partial charge in [0.1, 0.15) is 11.5 Å². The molecule has 2 rings (SSSR count). The number of nitrogens with one attached hydrogen (secondary N) is 1. The summed E-state index contributed by atoms with van der Waals surface area (Å²) in [5, 5.41) is 2.94. The molecule has 0 bridgehead atoms. The molecule has 0 aliphatic heterocycles. The first-order chi connectivity index (χ1) is 11.7. The number of rotatable bonds is 8. The smallest absolute Gasteiger partial charge is 0.251 e. The Hall–Kier alpha value is -2.14. The summed E-state index contributed by atoms with van der Waals surface area (Å²) in [7, 11) is 3.17. The normalized spacial score (nSPS) is 10.3. The van der Waals surface area contributed by atoms with Gasteiger partial charge in [0, 0.05) is 29.2 Å². The molecule has 0 saturated heterocycles. The maximum absolute atomic E-state index is 12.3. The molecule has 0 fully saturated rings. The van der Waals surface area contributed by atoms with Gasteiger partial charge in [-0.3, -0.25) is 4.79 Å². The number of amides is 1. The Balaban J connectivity index is 1.84. The topological polar surface area (TPSA) is 47.6 Å². The van der Waals surface area contributed by atoms with Crippen LogP contribution < -0.4 is 14.8 Å². The third-order valence-corrected chi connectivity index (χ3v) is 4.69. The molecule has 0 saturated carbocycles. The number of carbonyl (C=O) groups excluding carboxylic acids is 1. The summed E-state index contributed by atoms with van der Waals surface area (Å²) < 4.78 is 10.6. The van der Waals surface area contributed by atoms with Crippen LogP contribution in [-0.4, -0.2) is 32.4 Å². The van der Waals surface area contributed by atoms with Crippen molar-refractivity contribution in [2.24, 2.45) is 0 Å². The van der Waals surface area contributed by atoms with Gasteiger partial charge in [0.05, 0.1) is 14.2 Å². The first-order valence-electron chi connectivity index (χ1n) is 7.78. The average molecular weight is 345 g/mol. The second kappa shape index (κ2) is 9.23. The van der Waals surface area contributed by atoms with E-state index in [9.17, 15) is 4.79 Å². The molecular weight excluding hydrogens is 322 g/mol. The highest BCUT2D eigenvalue weighted by atomic mass is 32.2. The molecule has 2 aromatic carbocycles. The summed E-state index contributed by atoms with van der Waals surface area (Å²) in [4.78, 5) is 12.3. The Morgan fingerprint density at radius 1 is 1.08 bits per heavy atom. The zero-order valence-corrected chi connectivity index (χ0v) is 15.1. The fourth-order valence-electron chi connectivity index (χ4n) is 2.32. The van der Waals surface area contributed by atoms with Gasteiger partial charge in [0.25, 0.3) is 5.91 Å². The molecule has 0 radical (unpaired) electrons. The maximum Gasteiger partial charge on any atom is 0.251 e. The number of thioether (sulfide) groups is 1. The lowest BCUT2D eigenvalue weighted by Gasteiger charge is -2.12. The van der Waals surface area contributed by atoms with Gasteiger partial charge in [-0.05, 0) is 24.6 Å². The molecule has 0 spiro atoms. The number of hydrogen-bond acceptors (Lipinski definition) is 4. The van der Waals surface area contributed by atoms with E-state index in [1.807, 2.05) is 25.1 Å². The van der Waals surface area contributed by atoms with E-state index in [1.165, 1.54) is 5.56 Å². The Bertz CT molecular complexity index is 649. The highest BCUT2D eigenvalue weighted by Crippen LogP contribution is 2.29. The third-order valence-electron chi connectivity index (χ3n) is 3.66. The van der Waals surface area contributed by atoms with Crippen LogP contribution in [0.5, 0.6) is 11.5 Å². The van der Waals surface area contributed by atoms with Crippen molar-refractivity contribution in [3.63, 3.8) is 0 Å². The van der Waals surface area contributed by atoms with Crippen LogP contribution in [0.15, 0.2) is 42.5 Å². The van der Waals surface area contributed by atoms with E-state index in [1.54, 1.807) is 38.1 Å². The molecule has 0 heterocycles. The van der Waals surface area contributed by atoms with Gasteiger partial charge in [-0.25, -0.2) is 0 Å². The van der Waals surface area contributed by atoms with E-state index < -0.39 is 0 Å². The molecule has 0 aromatic heterocycles. The Labute approximate surface area is 147 Å². The molecule has 2 aromatic rings. The predicted octanol–water partition coefficient (Wildman–Crippen LogP) is 3.68. The summed E-state index contributed by atoms with van der Waals surface area (Å²) in [6.45, 7) is 2.52. The number of methoxy groups -OCH3 is 2. The van der Waals surface area contributed by atoms with Gasteiger partial charge < -0.3 is 14.8 Å². The lowest BCUT2D eigenvalue weighted by molar-refractivity contribution is 0.0955. The molecule has 0 unspecified atom stereocenters. The first kappa shape index (κ1) is 18.2. The number of hydrogen-bond donors (Lipinski definition) is 1. The van der Waals surface area contributed by atoms with Crippen LogP contribution in [0.2, 0.25) is 0 Å². The molecular formula is C19H23NO3S. The van der Waals surface area contributed by atoms with Crippen molar-refractivity contribution in [2.75, 3.05) is 26.5 Å². The quantitative estimate of drug-likeness (QED) is 0.742. The van der Waals surface area contributed by atoms with E-state index in [4.69, 9.17) is 9.47 Å². The van der Waals surface area contributed by atoms with Crippen molar-refractivity contribution in [3.8, 4) is 11.5 Å². The predicted molar refractivity (Wildman–Crippen MR) is 99.2 cm³/mol. The monoisotopic (exact) mass is 345 g/mol. The first-order valence-corrected chi connectivity index (χ1v) is 8.93. The van der Waals surface area contributed by atoms with Crippen molar-refractivity contribution in [1.29, 1.82) is 0 Å². The van der Waals surface area contributed by atoms with Crippen molar-refractivity contribution >= 4 is 17.7 Å². The van der Waals surface area contributed by atoms with Crippen molar-refractivity contribution in [3.05, 3.63) is 59.2 Å². The standard InChI is InChI=1S/C19H23NO3S/c1-14-17(22-2)11-16(12-18(14)23-3)19(21)20-9-10-24-13-15-7-5-4-6-8-15/h4-8,11-12H,9-10,13H2,1-3H3,(H,20,21). The summed E-state index contributed by atoms with van der Waals surface area (Å²) >= 11 is 1.80. The molecule has 0 aliphatic carbocycles. The van der Waals surface area contributed by atoms with E-state index in [-0.39, 0.29) is 5.91 Å². The SMILES string of the molecule is COc1cc(C(=O)NCCSCc2ccccc2)cc(OC)c1C. The van der Waals surface area contributed by atoms with Gasteiger partial charge in [0.15, 0.2) is 0 Å². The zero-order valence-electron chi connectivity index (χ0n) is 14.3. The van der Waals surface area contributed by atoms with Crippen LogP contribution in [-0.2, 0) is 5.75 Å². The van der Waals surface area contributed by atoms with Crippen molar-refractivity contribution < 1.29 is 14.3 Å². The fourth-order valence-corrected chi connectivity index (χ4v) is 3.14. The molecule has 1 amide bonds.